The molecule has 6 nitrogen and oxygen atoms in total. The van der Waals surface area contributed by atoms with Gasteiger partial charge in [0, 0.05) is 26.4 Å². The lowest BCUT2D eigenvalue weighted by Gasteiger charge is -2.07. The number of nitrogens with one attached hydrogen (secondary N) is 1. The third-order valence-corrected chi connectivity index (χ3v) is 2.81. The lowest BCUT2D eigenvalue weighted by molar-refractivity contribution is 0.387. The molecule has 104 valence electrons. The van der Waals surface area contributed by atoms with Gasteiger partial charge in [-0.25, -0.2) is 0 Å². The minimum absolute atomic E-state index is 0.540. The van der Waals surface area contributed by atoms with Crippen LogP contribution in [0.2, 0.25) is 0 Å². The van der Waals surface area contributed by atoms with Crippen LogP contribution in [0.1, 0.15) is 22.8 Å². The van der Waals surface area contributed by atoms with Crippen molar-refractivity contribution >= 4 is 0 Å². The molecule has 0 spiro atoms. The van der Waals surface area contributed by atoms with Gasteiger partial charge < -0.3 is 14.6 Å². The maximum atomic E-state index is 8.91. The standard InChI is InChI=1S/C14H16N4O2/c1-10-17-14(18-20-10)5-6-16-9-11-3-4-12(8-15)13(7-11)19-2/h3-4,7,16H,5-6,9H2,1-2H3. The molecule has 1 N–H and O–H groups in total. The monoisotopic (exact) mass is 272 g/mol. The molecule has 0 atom stereocenters. The highest BCUT2D eigenvalue weighted by atomic mass is 16.5. The molecule has 0 aliphatic carbocycles. The van der Waals surface area contributed by atoms with Gasteiger partial charge in [0.1, 0.15) is 11.8 Å². The third-order valence-electron chi connectivity index (χ3n) is 2.81. The Labute approximate surface area is 117 Å². The first-order valence-electron chi connectivity index (χ1n) is 6.30. The van der Waals surface area contributed by atoms with Crippen molar-refractivity contribution in [1.82, 2.24) is 15.5 Å². The molecule has 0 saturated carbocycles. The highest BCUT2D eigenvalue weighted by Gasteiger charge is 2.04. The Kier molecular flexibility index (Phi) is 4.69. The van der Waals surface area contributed by atoms with Gasteiger partial charge >= 0.3 is 0 Å². The Hall–Kier alpha value is -2.39. The van der Waals surface area contributed by atoms with Crippen LogP contribution in [-0.2, 0) is 13.0 Å². The molecule has 0 bridgehead atoms. The van der Waals surface area contributed by atoms with E-state index in [-0.39, 0.29) is 0 Å². The molecule has 0 fully saturated rings. The van der Waals surface area contributed by atoms with Crippen molar-refractivity contribution in [2.45, 2.75) is 19.9 Å². The maximum Gasteiger partial charge on any atom is 0.223 e. The molecule has 6 heteroatoms. The van der Waals surface area contributed by atoms with Crippen molar-refractivity contribution in [3.8, 4) is 11.8 Å². The summed E-state index contributed by atoms with van der Waals surface area (Å²) in [5.41, 5.74) is 1.60. The van der Waals surface area contributed by atoms with E-state index in [2.05, 4.69) is 21.5 Å². The molecule has 0 aliphatic heterocycles. The van der Waals surface area contributed by atoms with Crippen molar-refractivity contribution in [3.63, 3.8) is 0 Å². The number of benzene rings is 1. The Balaban J connectivity index is 1.83. The van der Waals surface area contributed by atoms with Gasteiger partial charge in [-0.15, -0.1) is 0 Å². The fraction of sp³-hybridized carbons (Fsp3) is 0.357. The number of nitriles is 1. The molecule has 2 aromatic rings. The molecule has 0 aliphatic rings. The molecule has 1 heterocycles. The van der Waals surface area contributed by atoms with E-state index in [1.54, 1.807) is 20.1 Å². The summed E-state index contributed by atoms with van der Waals surface area (Å²) < 4.78 is 10.1. The van der Waals surface area contributed by atoms with Crippen LogP contribution in [0.4, 0.5) is 0 Å². The predicted molar refractivity (Wildman–Crippen MR) is 72.2 cm³/mol. The predicted octanol–water partition coefficient (Wildman–Crippen LogP) is 1.59. The summed E-state index contributed by atoms with van der Waals surface area (Å²) in [6, 6.07) is 7.63. The first-order chi connectivity index (χ1) is 9.72. The summed E-state index contributed by atoms with van der Waals surface area (Å²) in [6.07, 6.45) is 0.713. The van der Waals surface area contributed by atoms with Gasteiger partial charge in [0.2, 0.25) is 5.89 Å². The highest BCUT2D eigenvalue weighted by molar-refractivity contribution is 5.45. The van der Waals surface area contributed by atoms with Crippen LogP contribution >= 0.6 is 0 Å². The van der Waals surface area contributed by atoms with Crippen molar-refractivity contribution in [2.75, 3.05) is 13.7 Å². The van der Waals surface area contributed by atoms with Crippen LogP contribution in [0, 0.1) is 18.3 Å². The normalized spacial score (nSPS) is 10.2. The van der Waals surface area contributed by atoms with Gasteiger partial charge in [0.15, 0.2) is 5.82 Å². The largest absolute Gasteiger partial charge is 0.495 e. The Morgan fingerprint density at radius 3 is 2.95 bits per heavy atom. The van der Waals surface area contributed by atoms with Crippen LogP contribution in [0.3, 0.4) is 0 Å². The number of methoxy groups -OCH3 is 1. The van der Waals surface area contributed by atoms with Gasteiger partial charge in [-0.1, -0.05) is 11.2 Å². The van der Waals surface area contributed by atoms with Crippen molar-refractivity contribution in [2.24, 2.45) is 0 Å². The molecule has 0 radical (unpaired) electrons. The van der Waals surface area contributed by atoms with Gasteiger partial charge in [-0.3, -0.25) is 0 Å². The van der Waals surface area contributed by atoms with Gasteiger partial charge in [-0.2, -0.15) is 10.2 Å². The smallest absolute Gasteiger partial charge is 0.223 e. The Morgan fingerprint density at radius 1 is 1.45 bits per heavy atom. The number of rotatable bonds is 6. The molecule has 0 unspecified atom stereocenters. The number of nitrogens with zero attached hydrogens (tertiary/aromatic N) is 3. The van der Waals surface area contributed by atoms with Gasteiger partial charge in [0.05, 0.1) is 12.7 Å². The summed E-state index contributed by atoms with van der Waals surface area (Å²) >= 11 is 0. The van der Waals surface area contributed by atoms with Crippen LogP contribution in [0.25, 0.3) is 0 Å². The summed E-state index contributed by atoms with van der Waals surface area (Å²) in [5, 5.41) is 16.0. The maximum absolute atomic E-state index is 8.91. The first-order valence-corrected chi connectivity index (χ1v) is 6.30. The molecule has 1 aromatic carbocycles. The van der Waals surface area contributed by atoms with E-state index in [4.69, 9.17) is 14.5 Å². The van der Waals surface area contributed by atoms with Crippen molar-refractivity contribution < 1.29 is 9.26 Å². The average Bonchev–Trinajstić information content (AvgIpc) is 2.89. The second-order valence-corrected chi connectivity index (χ2v) is 4.30. The van der Waals surface area contributed by atoms with Crippen LogP contribution in [-0.4, -0.2) is 23.8 Å². The zero-order chi connectivity index (χ0) is 14.4. The quantitative estimate of drug-likeness (QED) is 0.804. The van der Waals surface area contributed by atoms with E-state index in [1.165, 1.54) is 0 Å². The summed E-state index contributed by atoms with van der Waals surface area (Å²) in [4.78, 5) is 4.13. The van der Waals surface area contributed by atoms with Crippen LogP contribution in [0.5, 0.6) is 5.75 Å². The van der Waals surface area contributed by atoms with Crippen LogP contribution < -0.4 is 10.1 Å². The minimum Gasteiger partial charge on any atom is -0.495 e. The lowest BCUT2D eigenvalue weighted by atomic mass is 10.1. The minimum atomic E-state index is 0.540. The summed E-state index contributed by atoms with van der Waals surface area (Å²) in [6.45, 7) is 3.22. The third kappa shape index (κ3) is 3.56. The second-order valence-electron chi connectivity index (χ2n) is 4.30. The average molecular weight is 272 g/mol. The summed E-state index contributed by atoms with van der Waals surface area (Å²) in [7, 11) is 1.56. The van der Waals surface area contributed by atoms with E-state index >= 15 is 0 Å². The van der Waals surface area contributed by atoms with Crippen molar-refractivity contribution in [1.29, 1.82) is 5.26 Å². The molecule has 20 heavy (non-hydrogen) atoms. The van der Waals surface area contributed by atoms with E-state index in [9.17, 15) is 0 Å². The topological polar surface area (TPSA) is 84.0 Å². The second kappa shape index (κ2) is 6.68. The molecular formula is C14H16N4O2. The van der Waals surface area contributed by atoms with E-state index in [1.807, 2.05) is 12.1 Å². The number of aromatic nitrogens is 2. The first kappa shape index (κ1) is 14.0. The number of hydrogen-bond donors (Lipinski definition) is 1. The molecule has 1 aromatic heterocycles. The highest BCUT2D eigenvalue weighted by Crippen LogP contribution is 2.18. The number of aryl methyl sites for hydroxylation is 1. The lowest BCUT2D eigenvalue weighted by Crippen LogP contribution is -2.17. The fourth-order valence-electron chi connectivity index (χ4n) is 1.81. The molecule has 2 rings (SSSR count). The van der Waals surface area contributed by atoms with E-state index in [0.717, 1.165) is 12.1 Å². The SMILES string of the molecule is COc1cc(CNCCc2noc(C)n2)ccc1C#N. The van der Waals surface area contributed by atoms with E-state index < -0.39 is 0 Å². The molecular weight excluding hydrogens is 256 g/mol. The number of hydrogen-bond acceptors (Lipinski definition) is 6. The summed E-state index contributed by atoms with van der Waals surface area (Å²) in [5.74, 6) is 1.88. The Bertz CT molecular complexity index is 616. The van der Waals surface area contributed by atoms with Gasteiger partial charge in [0.25, 0.3) is 0 Å². The fourth-order valence-corrected chi connectivity index (χ4v) is 1.81. The van der Waals surface area contributed by atoms with Crippen LogP contribution in [0.15, 0.2) is 22.7 Å². The molecule has 0 amide bonds. The zero-order valence-electron chi connectivity index (χ0n) is 11.5. The number of ether oxygens (including phenoxy) is 1. The Morgan fingerprint density at radius 2 is 2.30 bits per heavy atom. The van der Waals surface area contributed by atoms with E-state index in [0.29, 0.717) is 36.0 Å². The van der Waals surface area contributed by atoms with Gasteiger partial charge in [-0.05, 0) is 17.7 Å². The molecule has 0 saturated heterocycles. The van der Waals surface area contributed by atoms with Crippen molar-refractivity contribution in [3.05, 3.63) is 41.0 Å². The zero-order valence-corrected chi connectivity index (χ0v) is 11.5.